The molecule has 0 radical (unpaired) electrons. The average Bonchev–Trinajstić information content (AvgIpc) is 2.54. The Labute approximate surface area is 110 Å². The van der Waals surface area contributed by atoms with E-state index < -0.39 is 0 Å². The van der Waals surface area contributed by atoms with Crippen LogP contribution in [0.1, 0.15) is 47.0 Å². The first-order chi connectivity index (χ1) is 7.35. The van der Waals surface area contributed by atoms with Gasteiger partial charge in [-0.2, -0.15) is 0 Å². The van der Waals surface area contributed by atoms with Crippen LogP contribution in [0.2, 0.25) is 0 Å². The molecule has 1 atom stereocenters. The molecule has 1 nitrogen and oxygen atoms in total. The number of alkyl halides is 2. The van der Waals surface area contributed by atoms with Crippen LogP contribution in [0, 0.1) is 11.3 Å². The molecule has 3 heteroatoms. The molecule has 1 aliphatic rings. The summed E-state index contributed by atoms with van der Waals surface area (Å²) in [5.41, 5.74) is 0.0558. The Morgan fingerprint density at radius 2 is 1.88 bits per heavy atom. The van der Waals surface area contributed by atoms with Gasteiger partial charge in [-0.05, 0) is 39.0 Å². The molecule has 0 aliphatic carbocycles. The van der Waals surface area contributed by atoms with Crippen molar-refractivity contribution in [3.05, 3.63) is 0 Å². The van der Waals surface area contributed by atoms with Crippen LogP contribution in [0.25, 0.3) is 0 Å². The van der Waals surface area contributed by atoms with Gasteiger partial charge in [-0.15, -0.1) is 23.2 Å². The third-order valence-corrected chi connectivity index (χ3v) is 5.01. The van der Waals surface area contributed by atoms with Gasteiger partial charge in [-0.25, -0.2) is 0 Å². The van der Waals surface area contributed by atoms with E-state index >= 15 is 0 Å². The van der Waals surface area contributed by atoms with Gasteiger partial charge in [0.2, 0.25) is 0 Å². The number of halogens is 2. The van der Waals surface area contributed by atoms with E-state index in [1.807, 2.05) is 0 Å². The van der Waals surface area contributed by atoms with Crippen molar-refractivity contribution in [2.75, 3.05) is 11.8 Å². The molecule has 16 heavy (non-hydrogen) atoms. The summed E-state index contributed by atoms with van der Waals surface area (Å²) in [6.45, 7) is 8.71. The fourth-order valence-corrected chi connectivity index (χ4v) is 3.49. The summed E-state index contributed by atoms with van der Waals surface area (Å²) in [5.74, 6) is 1.73. The average molecular weight is 267 g/mol. The van der Waals surface area contributed by atoms with Crippen LogP contribution >= 0.6 is 23.2 Å². The number of hydrogen-bond donors (Lipinski definition) is 0. The highest BCUT2D eigenvalue weighted by molar-refractivity contribution is 6.21. The molecule has 1 aliphatic heterocycles. The SMILES string of the molecule is CC(C)C(CCl)(CCl)CC1CCC(C)(C)O1. The second kappa shape index (κ2) is 5.46. The van der Waals surface area contributed by atoms with E-state index in [0.29, 0.717) is 23.8 Å². The summed E-state index contributed by atoms with van der Waals surface area (Å²) < 4.78 is 6.04. The van der Waals surface area contributed by atoms with Crippen molar-refractivity contribution in [1.29, 1.82) is 0 Å². The minimum absolute atomic E-state index is 0.0220. The molecule has 1 heterocycles. The fraction of sp³-hybridized carbons (Fsp3) is 1.00. The lowest BCUT2D eigenvalue weighted by atomic mass is 9.76. The Kier molecular flexibility index (Phi) is 4.98. The van der Waals surface area contributed by atoms with Crippen molar-refractivity contribution in [1.82, 2.24) is 0 Å². The lowest BCUT2D eigenvalue weighted by Crippen LogP contribution is -2.36. The van der Waals surface area contributed by atoms with Crippen molar-refractivity contribution in [3.8, 4) is 0 Å². The maximum Gasteiger partial charge on any atom is 0.0631 e. The Balaban J connectivity index is 2.63. The van der Waals surface area contributed by atoms with Gasteiger partial charge in [0.15, 0.2) is 0 Å². The highest BCUT2D eigenvalue weighted by Crippen LogP contribution is 2.41. The third-order valence-electron chi connectivity index (χ3n) is 3.95. The molecule has 0 N–H and O–H groups in total. The van der Waals surface area contributed by atoms with Gasteiger partial charge in [0, 0.05) is 17.2 Å². The molecule has 1 fully saturated rings. The van der Waals surface area contributed by atoms with Gasteiger partial charge >= 0.3 is 0 Å². The molecule has 1 unspecified atom stereocenters. The molecule has 1 saturated heterocycles. The van der Waals surface area contributed by atoms with Crippen molar-refractivity contribution >= 4 is 23.2 Å². The van der Waals surface area contributed by atoms with Crippen LogP contribution < -0.4 is 0 Å². The molecular formula is C13H24Cl2O. The smallest absolute Gasteiger partial charge is 0.0631 e. The van der Waals surface area contributed by atoms with Gasteiger partial charge in [0.1, 0.15) is 0 Å². The molecule has 0 aromatic carbocycles. The first kappa shape index (κ1) is 14.6. The zero-order valence-corrected chi connectivity index (χ0v) is 12.4. The fourth-order valence-electron chi connectivity index (χ4n) is 2.36. The van der Waals surface area contributed by atoms with Crippen molar-refractivity contribution < 1.29 is 4.74 Å². The summed E-state index contributed by atoms with van der Waals surface area (Å²) in [5, 5.41) is 0. The minimum Gasteiger partial charge on any atom is -0.372 e. The number of hydrogen-bond acceptors (Lipinski definition) is 1. The maximum absolute atomic E-state index is 6.13. The Morgan fingerprint density at radius 1 is 1.31 bits per heavy atom. The Hall–Kier alpha value is 0.540. The predicted octanol–water partition coefficient (Wildman–Crippen LogP) is 4.45. The van der Waals surface area contributed by atoms with Gasteiger partial charge < -0.3 is 4.74 Å². The molecule has 0 spiro atoms. The molecule has 0 saturated carbocycles. The van der Waals surface area contributed by atoms with Gasteiger partial charge in [0.25, 0.3) is 0 Å². The standard InChI is InChI=1S/C13H24Cl2O/c1-10(2)13(8-14,9-15)7-11-5-6-12(3,4)16-11/h10-11H,5-9H2,1-4H3. The zero-order chi connectivity index (χ0) is 12.4. The van der Waals surface area contributed by atoms with Crippen molar-refractivity contribution in [2.45, 2.75) is 58.7 Å². The van der Waals surface area contributed by atoms with Gasteiger partial charge in [0.05, 0.1) is 11.7 Å². The van der Waals surface area contributed by atoms with E-state index in [0.717, 1.165) is 19.3 Å². The Bertz CT molecular complexity index is 222. The van der Waals surface area contributed by atoms with Crippen LogP contribution in [0.4, 0.5) is 0 Å². The Morgan fingerprint density at radius 3 is 2.19 bits per heavy atom. The van der Waals surface area contributed by atoms with Gasteiger partial charge in [-0.1, -0.05) is 13.8 Å². The topological polar surface area (TPSA) is 9.23 Å². The van der Waals surface area contributed by atoms with Crippen LogP contribution in [0.15, 0.2) is 0 Å². The first-order valence-electron chi connectivity index (χ1n) is 6.15. The highest BCUT2D eigenvalue weighted by Gasteiger charge is 2.40. The van der Waals surface area contributed by atoms with Crippen molar-refractivity contribution in [2.24, 2.45) is 11.3 Å². The summed E-state index contributed by atoms with van der Waals surface area (Å²) >= 11 is 12.3. The molecule has 0 amide bonds. The second-order valence-electron chi connectivity index (χ2n) is 6.03. The minimum atomic E-state index is 0.0220. The first-order valence-corrected chi connectivity index (χ1v) is 7.22. The lowest BCUT2D eigenvalue weighted by molar-refractivity contribution is -0.0360. The van der Waals surface area contributed by atoms with E-state index in [1.165, 1.54) is 0 Å². The number of ether oxygens (including phenoxy) is 1. The maximum atomic E-state index is 6.13. The van der Waals surface area contributed by atoms with Crippen LogP contribution in [-0.4, -0.2) is 23.5 Å². The number of rotatable bonds is 5. The summed E-state index contributed by atoms with van der Waals surface area (Å²) in [4.78, 5) is 0. The normalized spacial score (nSPS) is 25.3. The van der Waals surface area contributed by atoms with Crippen LogP contribution in [0.3, 0.4) is 0 Å². The van der Waals surface area contributed by atoms with E-state index in [-0.39, 0.29) is 11.0 Å². The quantitative estimate of drug-likeness (QED) is 0.668. The van der Waals surface area contributed by atoms with E-state index in [4.69, 9.17) is 27.9 Å². The lowest BCUT2D eigenvalue weighted by Gasteiger charge is -2.36. The molecule has 1 rings (SSSR count). The second-order valence-corrected chi connectivity index (χ2v) is 6.56. The molecule has 0 aromatic rings. The third kappa shape index (κ3) is 3.27. The summed E-state index contributed by atoms with van der Waals surface area (Å²) in [6, 6.07) is 0. The van der Waals surface area contributed by atoms with E-state index in [2.05, 4.69) is 27.7 Å². The zero-order valence-electron chi connectivity index (χ0n) is 10.9. The molecule has 96 valence electrons. The monoisotopic (exact) mass is 266 g/mol. The van der Waals surface area contributed by atoms with Crippen LogP contribution in [0.5, 0.6) is 0 Å². The highest BCUT2D eigenvalue weighted by atomic mass is 35.5. The largest absolute Gasteiger partial charge is 0.372 e. The predicted molar refractivity (Wildman–Crippen MR) is 71.5 cm³/mol. The van der Waals surface area contributed by atoms with Crippen LogP contribution in [-0.2, 0) is 4.74 Å². The molecule has 0 bridgehead atoms. The summed E-state index contributed by atoms with van der Waals surface area (Å²) in [7, 11) is 0. The summed E-state index contributed by atoms with van der Waals surface area (Å²) in [6.07, 6.45) is 3.59. The van der Waals surface area contributed by atoms with Gasteiger partial charge in [-0.3, -0.25) is 0 Å². The van der Waals surface area contributed by atoms with E-state index in [9.17, 15) is 0 Å². The molecular weight excluding hydrogens is 243 g/mol. The molecule has 0 aromatic heterocycles. The van der Waals surface area contributed by atoms with E-state index in [1.54, 1.807) is 0 Å². The van der Waals surface area contributed by atoms with Crippen molar-refractivity contribution in [3.63, 3.8) is 0 Å².